The van der Waals surface area contributed by atoms with Crippen LogP contribution in [0.5, 0.6) is 0 Å². The molecule has 0 bridgehead atoms. The maximum Gasteiger partial charge on any atom is 0.272 e. The molecule has 0 saturated carbocycles. The second-order valence-electron chi connectivity index (χ2n) is 6.54. The summed E-state index contributed by atoms with van der Waals surface area (Å²) in [4.78, 5) is 37.0. The summed E-state index contributed by atoms with van der Waals surface area (Å²) in [5.74, 6) is 0.714. The van der Waals surface area contributed by atoms with Crippen molar-refractivity contribution < 1.29 is 9.59 Å². The van der Waals surface area contributed by atoms with Gasteiger partial charge in [-0.05, 0) is 30.7 Å². The summed E-state index contributed by atoms with van der Waals surface area (Å²) >= 11 is 0. The fraction of sp³-hybridized carbons (Fsp3) is 0.333. The van der Waals surface area contributed by atoms with Gasteiger partial charge in [-0.25, -0.2) is 4.98 Å². The third kappa shape index (κ3) is 2.54. The number of amides is 2. The maximum atomic E-state index is 12.6. The standard InChI is InChI=1S/C18H18N4O2/c23-16-11-18(13-22(16)15-6-2-4-9-20-15)7-10-21(12-18)17(24)14-5-1-3-8-19-14/h1-6,8-9H,7,10-13H2. The Labute approximate surface area is 140 Å². The lowest BCUT2D eigenvalue weighted by Crippen LogP contribution is -2.34. The fourth-order valence-corrected chi connectivity index (χ4v) is 3.65. The molecule has 4 rings (SSSR count). The Morgan fingerprint density at radius 1 is 1.04 bits per heavy atom. The number of nitrogens with zero attached hydrogens (tertiary/aromatic N) is 4. The van der Waals surface area contributed by atoms with E-state index < -0.39 is 0 Å². The van der Waals surface area contributed by atoms with Gasteiger partial charge in [0, 0.05) is 43.9 Å². The van der Waals surface area contributed by atoms with Crippen molar-refractivity contribution in [1.82, 2.24) is 14.9 Å². The fourth-order valence-electron chi connectivity index (χ4n) is 3.65. The van der Waals surface area contributed by atoms with Gasteiger partial charge in [-0.15, -0.1) is 0 Å². The third-order valence-corrected chi connectivity index (χ3v) is 4.86. The van der Waals surface area contributed by atoms with Gasteiger partial charge >= 0.3 is 0 Å². The molecular weight excluding hydrogens is 304 g/mol. The van der Waals surface area contributed by atoms with Crippen molar-refractivity contribution >= 4 is 17.6 Å². The maximum absolute atomic E-state index is 12.6. The second kappa shape index (κ2) is 5.70. The number of aromatic nitrogens is 2. The molecule has 2 saturated heterocycles. The highest BCUT2D eigenvalue weighted by atomic mass is 16.2. The molecule has 1 spiro atoms. The van der Waals surface area contributed by atoms with Crippen LogP contribution >= 0.6 is 0 Å². The van der Waals surface area contributed by atoms with Crippen LogP contribution in [0.25, 0.3) is 0 Å². The van der Waals surface area contributed by atoms with Gasteiger partial charge in [-0.1, -0.05) is 12.1 Å². The average molecular weight is 322 g/mol. The van der Waals surface area contributed by atoms with E-state index in [9.17, 15) is 9.59 Å². The van der Waals surface area contributed by atoms with E-state index in [2.05, 4.69) is 9.97 Å². The van der Waals surface area contributed by atoms with Crippen LogP contribution in [0, 0.1) is 5.41 Å². The number of likely N-dealkylation sites (tertiary alicyclic amines) is 1. The molecule has 0 aromatic carbocycles. The summed E-state index contributed by atoms with van der Waals surface area (Å²) in [5, 5.41) is 0. The molecule has 2 aromatic heterocycles. The molecule has 6 nitrogen and oxygen atoms in total. The zero-order valence-electron chi connectivity index (χ0n) is 13.3. The quantitative estimate of drug-likeness (QED) is 0.845. The van der Waals surface area contributed by atoms with Crippen LogP contribution in [-0.4, -0.2) is 46.3 Å². The molecular formula is C18H18N4O2. The molecule has 1 atom stereocenters. The highest BCUT2D eigenvalue weighted by molar-refractivity contribution is 5.96. The van der Waals surface area contributed by atoms with Gasteiger partial charge < -0.3 is 4.90 Å². The van der Waals surface area contributed by atoms with Gasteiger partial charge in [0.2, 0.25) is 5.91 Å². The van der Waals surface area contributed by atoms with E-state index in [1.807, 2.05) is 29.2 Å². The topological polar surface area (TPSA) is 66.4 Å². The Bertz CT molecular complexity index is 765. The molecule has 1 unspecified atom stereocenters. The minimum Gasteiger partial charge on any atom is -0.337 e. The lowest BCUT2D eigenvalue weighted by molar-refractivity contribution is -0.117. The zero-order valence-corrected chi connectivity index (χ0v) is 13.3. The minimum atomic E-state index is -0.168. The van der Waals surface area contributed by atoms with E-state index in [0.717, 1.165) is 6.42 Å². The van der Waals surface area contributed by atoms with Gasteiger partial charge in [0.15, 0.2) is 0 Å². The van der Waals surface area contributed by atoms with E-state index in [1.54, 1.807) is 29.4 Å². The lowest BCUT2D eigenvalue weighted by atomic mass is 9.86. The first-order valence-corrected chi connectivity index (χ1v) is 8.09. The van der Waals surface area contributed by atoms with Crippen LogP contribution in [-0.2, 0) is 4.79 Å². The number of carbonyl (C=O) groups excluding carboxylic acids is 2. The van der Waals surface area contributed by atoms with Crippen LogP contribution in [0.2, 0.25) is 0 Å². The summed E-state index contributed by atoms with van der Waals surface area (Å²) in [5.41, 5.74) is 0.291. The molecule has 6 heteroatoms. The van der Waals surface area contributed by atoms with E-state index in [-0.39, 0.29) is 17.2 Å². The number of anilines is 1. The highest BCUT2D eigenvalue weighted by Crippen LogP contribution is 2.41. The van der Waals surface area contributed by atoms with Gasteiger partial charge in [0.05, 0.1) is 0 Å². The predicted octanol–water partition coefficient (Wildman–Crippen LogP) is 1.75. The zero-order chi connectivity index (χ0) is 16.6. The van der Waals surface area contributed by atoms with E-state index in [0.29, 0.717) is 37.6 Å². The molecule has 122 valence electrons. The van der Waals surface area contributed by atoms with Crippen LogP contribution in [0.15, 0.2) is 48.8 Å². The SMILES string of the molecule is O=C(c1ccccn1)N1CCC2(CC(=O)N(c3ccccn3)C2)C1. The van der Waals surface area contributed by atoms with E-state index in [4.69, 9.17) is 0 Å². The highest BCUT2D eigenvalue weighted by Gasteiger charge is 2.49. The summed E-state index contributed by atoms with van der Waals surface area (Å²) in [6, 6.07) is 10.9. The molecule has 2 aliphatic heterocycles. The summed E-state index contributed by atoms with van der Waals surface area (Å²) < 4.78 is 0. The molecule has 2 aromatic rings. The normalized spacial score (nSPS) is 23.2. The third-order valence-electron chi connectivity index (χ3n) is 4.86. The van der Waals surface area contributed by atoms with Crippen molar-refractivity contribution in [2.24, 2.45) is 5.41 Å². The molecule has 2 aliphatic rings. The molecule has 0 aliphatic carbocycles. The Kier molecular flexibility index (Phi) is 3.52. The number of pyridine rings is 2. The molecule has 0 radical (unpaired) electrons. The first kappa shape index (κ1) is 14.8. The molecule has 2 amide bonds. The number of hydrogen-bond acceptors (Lipinski definition) is 4. The Morgan fingerprint density at radius 3 is 2.54 bits per heavy atom. The van der Waals surface area contributed by atoms with Crippen molar-refractivity contribution in [3.8, 4) is 0 Å². The largest absolute Gasteiger partial charge is 0.337 e. The van der Waals surface area contributed by atoms with Crippen molar-refractivity contribution in [2.45, 2.75) is 12.8 Å². The number of hydrogen-bond donors (Lipinski definition) is 0. The van der Waals surface area contributed by atoms with Crippen LogP contribution in [0.4, 0.5) is 5.82 Å². The molecule has 0 N–H and O–H groups in total. The summed E-state index contributed by atoms with van der Waals surface area (Å²) in [6.45, 7) is 1.88. The second-order valence-corrected chi connectivity index (χ2v) is 6.54. The first-order valence-electron chi connectivity index (χ1n) is 8.09. The minimum absolute atomic E-state index is 0.0591. The van der Waals surface area contributed by atoms with Crippen LogP contribution in [0.1, 0.15) is 23.3 Å². The van der Waals surface area contributed by atoms with Crippen molar-refractivity contribution in [1.29, 1.82) is 0 Å². The van der Waals surface area contributed by atoms with Crippen LogP contribution < -0.4 is 4.90 Å². The Morgan fingerprint density at radius 2 is 1.83 bits per heavy atom. The molecule has 24 heavy (non-hydrogen) atoms. The molecule has 4 heterocycles. The number of carbonyl (C=O) groups is 2. The average Bonchev–Trinajstić information content (AvgIpc) is 3.19. The number of rotatable bonds is 2. The van der Waals surface area contributed by atoms with Crippen molar-refractivity contribution in [3.05, 3.63) is 54.5 Å². The van der Waals surface area contributed by atoms with Gasteiger partial charge in [0.25, 0.3) is 5.91 Å². The lowest BCUT2D eigenvalue weighted by Gasteiger charge is -2.23. The Hall–Kier alpha value is -2.76. The van der Waals surface area contributed by atoms with Gasteiger partial charge in [0.1, 0.15) is 11.5 Å². The molecule has 2 fully saturated rings. The van der Waals surface area contributed by atoms with E-state index in [1.165, 1.54) is 0 Å². The summed E-state index contributed by atoms with van der Waals surface area (Å²) in [6.07, 6.45) is 4.62. The Balaban J connectivity index is 1.50. The van der Waals surface area contributed by atoms with Gasteiger partial charge in [-0.3, -0.25) is 19.5 Å². The van der Waals surface area contributed by atoms with Gasteiger partial charge in [-0.2, -0.15) is 0 Å². The predicted molar refractivity (Wildman–Crippen MR) is 88.4 cm³/mol. The first-order chi connectivity index (χ1) is 11.7. The van der Waals surface area contributed by atoms with E-state index >= 15 is 0 Å². The van der Waals surface area contributed by atoms with Crippen molar-refractivity contribution in [2.75, 3.05) is 24.5 Å². The summed E-state index contributed by atoms with van der Waals surface area (Å²) in [7, 11) is 0. The monoisotopic (exact) mass is 322 g/mol. The van der Waals surface area contributed by atoms with Crippen molar-refractivity contribution in [3.63, 3.8) is 0 Å². The van der Waals surface area contributed by atoms with Crippen LogP contribution in [0.3, 0.4) is 0 Å². The smallest absolute Gasteiger partial charge is 0.272 e.